The summed E-state index contributed by atoms with van der Waals surface area (Å²) in [5.74, 6) is 0. The van der Waals surface area contributed by atoms with Gasteiger partial charge in [-0.05, 0) is 18.2 Å². The molecule has 3 heteroatoms. The molecule has 0 amide bonds. The first kappa shape index (κ1) is 14.5. The predicted molar refractivity (Wildman–Crippen MR) is 84.1 cm³/mol. The number of aryl methyl sites for hydroxylation is 1. The van der Waals surface area contributed by atoms with Crippen LogP contribution in [0.4, 0.5) is 0 Å². The molecule has 0 spiro atoms. The Bertz CT molecular complexity index is 376. The van der Waals surface area contributed by atoms with Crippen LogP contribution >= 0.6 is 11.8 Å². The molecular weight excluding hydrogens is 242 g/mol. The molecule has 0 saturated heterocycles. The van der Waals surface area contributed by atoms with Gasteiger partial charge in [-0.25, -0.2) is 0 Å². The molecule has 0 aromatic heterocycles. The second-order valence-electron chi connectivity index (χ2n) is 5.44. The van der Waals surface area contributed by atoms with Crippen molar-refractivity contribution in [1.82, 2.24) is 0 Å². The highest BCUT2D eigenvalue weighted by Gasteiger charge is 2.12. The van der Waals surface area contributed by atoms with Crippen LogP contribution in [0, 0.1) is 0 Å². The molecule has 0 N–H and O–H groups in total. The quantitative estimate of drug-likeness (QED) is 0.451. The van der Waals surface area contributed by atoms with E-state index in [2.05, 4.69) is 57.1 Å². The summed E-state index contributed by atoms with van der Waals surface area (Å²) in [5, 5.41) is 1.18. The monoisotopic (exact) mass is 265 g/mol. The molecule has 0 fully saturated rings. The molecular formula is C14H23NSSi. The van der Waals surface area contributed by atoms with Crippen LogP contribution in [0.3, 0.4) is 0 Å². The Balaban J connectivity index is 2.85. The molecule has 1 nitrogen and oxygen atoms in total. The zero-order valence-corrected chi connectivity index (χ0v) is 13.4. The standard InChI is InChI=1S/C14H23NSSi/c1-6-12-7-9-13(10-8-12)14(16-2)15-11-17(3,4)5/h7-10H,6,11H2,1-5H3. The van der Waals surface area contributed by atoms with Crippen LogP contribution in [-0.4, -0.2) is 25.5 Å². The van der Waals surface area contributed by atoms with Gasteiger partial charge in [0.25, 0.3) is 0 Å². The number of nitrogens with zero attached hydrogens (tertiary/aromatic N) is 1. The van der Waals surface area contributed by atoms with Gasteiger partial charge in [-0.3, -0.25) is 4.99 Å². The van der Waals surface area contributed by atoms with Crippen molar-refractivity contribution in [2.45, 2.75) is 33.0 Å². The van der Waals surface area contributed by atoms with Crippen LogP contribution in [0.2, 0.25) is 19.6 Å². The highest BCUT2D eigenvalue weighted by Crippen LogP contribution is 2.14. The summed E-state index contributed by atoms with van der Waals surface area (Å²) in [5.41, 5.74) is 2.65. The molecule has 17 heavy (non-hydrogen) atoms. The summed E-state index contributed by atoms with van der Waals surface area (Å²) in [6, 6.07) is 8.79. The number of benzene rings is 1. The van der Waals surface area contributed by atoms with Crippen molar-refractivity contribution >= 4 is 24.9 Å². The van der Waals surface area contributed by atoms with E-state index in [0.29, 0.717) is 0 Å². The van der Waals surface area contributed by atoms with Crippen molar-refractivity contribution in [3.63, 3.8) is 0 Å². The Kier molecular flexibility index (Phi) is 5.47. The lowest BCUT2D eigenvalue weighted by molar-refractivity contribution is 1.14. The van der Waals surface area contributed by atoms with Crippen molar-refractivity contribution in [3.8, 4) is 0 Å². The van der Waals surface area contributed by atoms with E-state index in [0.717, 1.165) is 12.6 Å². The van der Waals surface area contributed by atoms with Crippen molar-refractivity contribution in [3.05, 3.63) is 35.4 Å². The maximum atomic E-state index is 4.78. The molecule has 0 heterocycles. The molecule has 1 aromatic rings. The average Bonchev–Trinajstić information content (AvgIpc) is 2.29. The summed E-state index contributed by atoms with van der Waals surface area (Å²) in [7, 11) is -1.09. The summed E-state index contributed by atoms with van der Waals surface area (Å²) in [6.07, 6.45) is 4.22. The van der Waals surface area contributed by atoms with E-state index < -0.39 is 8.07 Å². The van der Waals surface area contributed by atoms with E-state index in [-0.39, 0.29) is 0 Å². The number of hydrogen-bond donors (Lipinski definition) is 0. The molecule has 0 atom stereocenters. The van der Waals surface area contributed by atoms with Gasteiger partial charge in [0.15, 0.2) is 0 Å². The topological polar surface area (TPSA) is 12.4 Å². The van der Waals surface area contributed by atoms with E-state index in [9.17, 15) is 0 Å². The van der Waals surface area contributed by atoms with Crippen molar-refractivity contribution in [2.24, 2.45) is 4.99 Å². The maximum absolute atomic E-state index is 4.78. The lowest BCUT2D eigenvalue weighted by Gasteiger charge is -2.13. The van der Waals surface area contributed by atoms with Gasteiger partial charge < -0.3 is 0 Å². The number of thioether (sulfide) groups is 1. The third-order valence-corrected chi connectivity index (χ3v) is 4.36. The largest absolute Gasteiger partial charge is 0.281 e. The molecule has 1 aromatic carbocycles. The molecule has 0 aliphatic rings. The van der Waals surface area contributed by atoms with Crippen LogP contribution in [0.15, 0.2) is 29.3 Å². The first-order chi connectivity index (χ1) is 7.96. The molecule has 0 bridgehead atoms. The molecule has 0 aliphatic carbocycles. The van der Waals surface area contributed by atoms with E-state index in [1.165, 1.54) is 16.2 Å². The van der Waals surface area contributed by atoms with Gasteiger partial charge >= 0.3 is 0 Å². The third kappa shape index (κ3) is 5.09. The van der Waals surface area contributed by atoms with Crippen LogP contribution < -0.4 is 0 Å². The van der Waals surface area contributed by atoms with Crippen LogP contribution in [-0.2, 0) is 6.42 Å². The molecule has 0 radical (unpaired) electrons. The lowest BCUT2D eigenvalue weighted by atomic mass is 10.1. The zero-order valence-electron chi connectivity index (χ0n) is 11.6. The molecule has 0 saturated carbocycles. The second-order valence-corrected chi connectivity index (χ2v) is 11.7. The van der Waals surface area contributed by atoms with Crippen LogP contribution in [0.25, 0.3) is 0 Å². The molecule has 0 aliphatic heterocycles. The normalized spacial score (nSPS) is 12.9. The summed E-state index contributed by atoms with van der Waals surface area (Å²) in [4.78, 5) is 4.78. The SMILES string of the molecule is CCc1ccc(C(=NC[Si](C)(C)C)SC)cc1. The van der Waals surface area contributed by atoms with Gasteiger partial charge in [0.2, 0.25) is 0 Å². The third-order valence-electron chi connectivity index (χ3n) is 2.50. The predicted octanol–water partition coefficient (Wildman–Crippen LogP) is 4.24. The minimum Gasteiger partial charge on any atom is -0.281 e. The van der Waals surface area contributed by atoms with Gasteiger partial charge in [0.05, 0.1) is 13.1 Å². The Morgan fingerprint density at radius 3 is 2.18 bits per heavy atom. The van der Waals surface area contributed by atoms with Crippen molar-refractivity contribution in [1.29, 1.82) is 0 Å². The zero-order chi connectivity index (χ0) is 12.9. The number of rotatable bonds is 4. The van der Waals surface area contributed by atoms with Gasteiger partial charge in [0, 0.05) is 11.7 Å². The lowest BCUT2D eigenvalue weighted by Crippen LogP contribution is -2.25. The summed E-state index contributed by atoms with van der Waals surface area (Å²) < 4.78 is 0. The van der Waals surface area contributed by atoms with E-state index >= 15 is 0 Å². The first-order valence-electron chi connectivity index (χ1n) is 6.14. The fourth-order valence-electron chi connectivity index (χ4n) is 1.47. The van der Waals surface area contributed by atoms with Gasteiger partial charge in [-0.1, -0.05) is 50.8 Å². The Morgan fingerprint density at radius 2 is 1.76 bits per heavy atom. The molecule has 94 valence electrons. The smallest absolute Gasteiger partial charge is 0.0970 e. The Labute approximate surface area is 111 Å². The summed E-state index contributed by atoms with van der Waals surface area (Å²) >= 11 is 1.75. The number of aliphatic imine (C=N–C) groups is 1. The minimum atomic E-state index is -1.09. The first-order valence-corrected chi connectivity index (χ1v) is 11.1. The average molecular weight is 265 g/mol. The van der Waals surface area contributed by atoms with Crippen molar-refractivity contribution < 1.29 is 0 Å². The number of hydrogen-bond acceptors (Lipinski definition) is 2. The van der Waals surface area contributed by atoms with E-state index in [1.807, 2.05) is 0 Å². The van der Waals surface area contributed by atoms with Gasteiger partial charge in [-0.2, -0.15) is 0 Å². The van der Waals surface area contributed by atoms with Crippen LogP contribution in [0.1, 0.15) is 18.1 Å². The Hall–Kier alpha value is -0.543. The second kappa shape index (κ2) is 6.41. The molecule has 0 unspecified atom stereocenters. The summed E-state index contributed by atoms with van der Waals surface area (Å²) in [6.45, 7) is 9.25. The van der Waals surface area contributed by atoms with Crippen LogP contribution in [0.5, 0.6) is 0 Å². The molecule has 1 rings (SSSR count). The Morgan fingerprint density at radius 1 is 1.18 bits per heavy atom. The highest BCUT2D eigenvalue weighted by atomic mass is 32.2. The maximum Gasteiger partial charge on any atom is 0.0970 e. The van der Waals surface area contributed by atoms with Crippen molar-refractivity contribution in [2.75, 3.05) is 12.4 Å². The fourth-order valence-corrected chi connectivity index (χ4v) is 2.78. The van der Waals surface area contributed by atoms with E-state index in [4.69, 9.17) is 4.99 Å². The minimum absolute atomic E-state index is 1.01. The van der Waals surface area contributed by atoms with E-state index in [1.54, 1.807) is 11.8 Å². The van der Waals surface area contributed by atoms with Gasteiger partial charge in [0.1, 0.15) is 0 Å². The fraction of sp³-hybridized carbons (Fsp3) is 0.500. The highest BCUT2D eigenvalue weighted by molar-refractivity contribution is 8.13. The van der Waals surface area contributed by atoms with Gasteiger partial charge in [-0.15, -0.1) is 11.8 Å².